The normalized spacial score (nSPS) is 11.6. The van der Waals surface area contributed by atoms with Crippen molar-refractivity contribution in [2.75, 3.05) is 0 Å². The first kappa shape index (κ1) is 15.4. The van der Waals surface area contributed by atoms with E-state index in [2.05, 4.69) is 30.6 Å². The van der Waals surface area contributed by atoms with Crippen LogP contribution in [-0.4, -0.2) is 18.4 Å². The first-order valence-corrected chi connectivity index (χ1v) is 8.27. The number of nitrogens with zero attached hydrogens (tertiary/aromatic N) is 2. The SMILES string of the molecule is Cc1nccc(CNS(=O)(=O)c2ccc(Cl)c(Br)c2)n1. The Morgan fingerprint density at radius 1 is 1.35 bits per heavy atom. The molecule has 0 aliphatic rings. The summed E-state index contributed by atoms with van der Waals surface area (Å²) in [5.74, 6) is 0.593. The molecule has 0 bridgehead atoms. The average molecular weight is 377 g/mol. The molecule has 0 saturated carbocycles. The molecule has 106 valence electrons. The van der Waals surface area contributed by atoms with Crippen molar-refractivity contribution in [2.24, 2.45) is 0 Å². The minimum Gasteiger partial charge on any atom is -0.242 e. The van der Waals surface area contributed by atoms with Gasteiger partial charge >= 0.3 is 0 Å². The van der Waals surface area contributed by atoms with Gasteiger partial charge in [-0.3, -0.25) is 0 Å². The third-order valence-electron chi connectivity index (χ3n) is 2.48. The second kappa shape index (κ2) is 6.17. The van der Waals surface area contributed by atoms with Crippen molar-refractivity contribution in [3.63, 3.8) is 0 Å². The highest BCUT2D eigenvalue weighted by atomic mass is 79.9. The van der Waals surface area contributed by atoms with E-state index >= 15 is 0 Å². The molecule has 2 aromatic rings. The predicted octanol–water partition coefficient (Wildman–Crippen LogP) is 2.68. The van der Waals surface area contributed by atoms with Crippen molar-refractivity contribution in [2.45, 2.75) is 18.4 Å². The second-order valence-electron chi connectivity index (χ2n) is 4.00. The molecule has 0 aliphatic heterocycles. The fourth-order valence-electron chi connectivity index (χ4n) is 1.50. The van der Waals surface area contributed by atoms with Crippen molar-refractivity contribution < 1.29 is 8.42 Å². The Bertz CT molecular complexity index is 737. The van der Waals surface area contributed by atoms with Crippen LogP contribution in [0.3, 0.4) is 0 Å². The van der Waals surface area contributed by atoms with E-state index in [4.69, 9.17) is 11.6 Å². The molecule has 1 aromatic carbocycles. The molecule has 0 spiro atoms. The summed E-state index contributed by atoms with van der Waals surface area (Å²) in [7, 11) is -3.61. The Labute approximate surface area is 130 Å². The number of aromatic nitrogens is 2. The molecule has 1 heterocycles. The molecule has 1 N–H and O–H groups in total. The molecule has 0 unspecified atom stereocenters. The molecule has 0 aliphatic carbocycles. The number of rotatable bonds is 4. The van der Waals surface area contributed by atoms with Crippen LogP contribution in [0.2, 0.25) is 5.02 Å². The number of sulfonamides is 1. The maximum atomic E-state index is 12.1. The van der Waals surface area contributed by atoms with Crippen molar-refractivity contribution in [1.82, 2.24) is 14.7 Å². The average Bonchev–Trinajstić information content (AvgIpc) is 2.40. The van der Waals surface area contributed by atoms with Crippen molar-refractivity contribution in [3.05, 3.63) is 51.5 Å². The van der Waals surface area contributed by atoms with Gasteiger partial charge in [0.05, 0.1) is 22.2 Å². The lowest BCUT2D eigenvalue weighted by atomic mass is 10.4. The Kier molecular flexibility index (Phi) is 4.74. The van der Waals surface area contributed by atoms with Crippen LogP contribution in [0.15, 0.2) is 39.8 Å². The highest BCUT2D eigenvalue weighted by Gasteiger charge is 2.15. The van der Waals surface area contributed by atoms with E-state index in [-0.39, 0.29) is 11.4 Å². The summed E-state index contributed by atoms with van der Waals surface area (Å²) in [6, 6.07) is 6.08. The second-order valence-corrected chi connectivity index (χ2v) is 7.02. The third-order valence-corrected chi connectivity index (χ3v) is 5.09. The Morgan fingerprint density at radius 2 is 2.10 bits per heavy atom. The molecule has 0 atom stereocenters. The lowest BCUT2D eigenvalue weighted by molar-refractivity contribution is 0.580. The van der Waals surface area contributed by atoms with Gasteiger partial charge in [0.1, 0.15) is 5.82 Å². The molecular formula is C12H11BrClN3O2S. The van der Waals surface area contributed by atoms with Crippen molar-refractivity contribution in [1.29, 1.82) is 0 Å². The summed E-state index contributed by atoms with van der Waals surface area (Å²) >= 11 is 9.04. The van der Waals surface area contributed by atoms with E-state index in [1.165, 1.54) is 18.2 Å². The minimum atomic E-state index is -3.61. The zero-order chi connectivity index (χ0) is 14.8. The van der Waals surface area contributed by atoms with Crippen LogP contribution in [0.5, 0.6) is 0 Å². The van der Waals surface area contributed by atoms with Crippen LogP contribution < -0.4 is 4.72 Å². The van der Waals surface area contributed by atoms with Gasteiger partial charge in [-0.05, 0) is 47.1 Å². The van der Waals surface area contributed by atoms with Gasteiger partial charge in [0.2, 0.25) is 10.0 Å². The molecule has 0 fully saturated rings. The molecule has 1 aromatic heterocycles. The molecule has 20 heavy (non-hydrogen) atoms. The van der Waals surface area contributed by atoms with Gasteiger partial charge < -0.3 is 0 Å². The zero-order valence-corrected chi connectivity index (χ0v) is 13.6. The summed E-state index contributed by atoms with van der Waals surface area (Å²) in [5.41, 5.74) is 0.606. The lowest BCUT2D eigenvalue weighted by Crippen LogP contribution is -2.23. The highest BCUT2D eigenvalue weighted by molar-refractivity contribution is 9.10. The molecule has 0 radical (unpaired) electrons. The molecule has 0 amide bonds. The van der Waals surface area contributed by atoms with Gasteiger partial charge in [0, 0.05) is 10.7 Å². The monoisotopic (exact) mass is 375 g/mol. The van der Waals surface area contributed by atoms with E-state index in [0.717, 1.165) is 0 Å². The maximum Gasteiger partial charge on any atom is 0.240 e. The van der Waals surface area contributed by atoms with Crippen molar-refractivity contribution in [3.8, 4) is 0 Å². The molecule has 5 nitrogen and oxygen atoms in total. The van der Waals surface area contributed by atoms with Crippen LogP contribution in [0.25, 0.3) is 0 Å². The number of halogens is 2. The van der Waals surface area contributed by atoms with Crippen LogP contribution in [0.4, 0.5) is 0 Å². The van der Waals surface area contributed by atoms with Crippen molar-refractivity contribution >= 4 is 37.6 Å². The Balaban J connectivity index is 2.17. The molecule has 0 saturated heterocycles. The summed E-state index contributed by atoms with van der Waals surface area (Å²) < 4.78 is 27.3. The highest BCUT2D eigenvalue weighted by Crippen LogP contribution is 2.25. The van der Waals surface area contributed by atoms with E-state index in [1.54, 1.807) is 19.2 Å². The number of hydrogen-bond donors (Lipinski definition) is 1. The first-order valence-electron chi connectivity index (χ1n) is 5.62. The summed E-state index contributed by atoms with van der Waals surface area (Å²) in [6.07, 6.45) is 1.59. The summed E-state index contributed by atoms with van der Waals surface area (Å²) in [6.45, 7) is 1.85. The van der Waals surface area contributed by atoms with Crippen LogP contribution in [0, 0.1) is 6.92 Å². The molecule has 2 rings (SSSR count). The number of aryl methyl sites for hydroxylation is 1. The zero-order valence-electron chi connectivity index (χ0n) is 10.5. The van der Waals surface area contributed by atoms with Gasteiger partial charge in [0.15, 0.2) is 0 Å². The predicted molar refractivity (Wildman–Crippen MR) is 79.9 cm³/mol. The van der Waals surface area contributed by atoms with Crippen LogP contribution >= 0.6 is 27.5 Å². The fourth-order valence-corrected chi connectivity index (χ4v) is 3.17. The minimum absolute atomic E-state index is 0.103. The van der Waals surface area contributed by atoms with Gasteiger partial charge in [-0.1, -0.05) is 11.6 Å². The third kappa shape index (κ3) is 3.76. The lowest BCUT2D eigenvalue weighted by Gasteiger charge is -2.07. The smallest absolute Gasteiger partial charge is 0.240 e. The number of hydrogen-bond acceptors (Lipinski definition) is 4. The Morgan fingerprint density at radius 3 is 2.75 bits per heavy atom. The Hall–Kier alpha value is -1.02. The fraction of sp³-hybridized carbons (Fsp3) is 0.167. The van der Waals surface area contributed by atoms with Gasteiger partial charge in [0.25, 0.3) is 0 Å². The van der Waals surface area contributed by atoms with E-state index < -0.39 is 10.0 Å². The largest absolute Gasteiger partial charge is 0.242 e. The van der Waals surface area contributed by atoms with E-state index in [0.29, 0.717) is 21.0 Å². The standard InChI is InChI=1S/C12H11BrClN3O2S/c1-8-15-5-4-9(17-8)7-16-20(18,19)10-2-3-12(14)11(13)6-10/h2-6,16H,7H2,1H3. The van der Waals surface area contributed by atoms with Crippen LogP contribution in [-0.2, 0) is 16.6 Å². The maximum absolute atomic E-state index is 12.1. The quantitative estimate of drug-likeness (QED) is 0.890. The molecule has 8 heteroatoms. The topological polar surface area (TPSA) is 72.0 Å². The van der Waals surface area contributed by atoms with Gasteiger partial charge in [-0.2, -0.15) is 0 Å². The first-order chi connectivity index (χ1) is 9.38. The van der Waals surface area contributed by atoms with E-state index in [1.807, 2.05) is 0 Å². The summed E-state index contributed by atoms with van der Waals surface area (Å²) in [5, 5.41) is 0.454. The summed E-state index contributed by atoms with van der Waals surface area (Å²) in [4.78, 5) is 8.23. The number of nitrogens with one attached hydrogen (secondary N) is 1. The van der Waals surface area contributed by atoms with E-state index in [9.17, 15) is 8.42 Å². The van der Waals surface area contributed by atoms with Gasteiger partial charge in [-0.25, -0.2) is 23.1 Å². The van der Waals surface area contributed by atoms with Gasteiger partial charge in [-0.15, -0.1) is 0 Å². The van der Waals surface area contributed by atoms with Crippen LogP contribution in [0.1, 0.15) is 11.5 Å². The number of benzene rings is 1. The molecular weight excluding hydrogens is 366 g/mol.